The molecule has 2 aromatic rings. The number of aromatic nitrogens is 2. The van der Waals surface area contributed by atoms with E-state index in [0.29, 0.717) is 12.4 Å². The van der Waals surface area contributed by atoms with E-state index in [2.05, 4.69) is 9.97 Å². The number of hydrogen-bond donors (Lipinski definition) is 0. The Bertz CT molecular complexity index is 634. The maximum Gasteiger partial charge on any atom is 0.349 e. The van der Waals surface area contributed by atoms with E-state index in [9.17, 15) is 10.1 Å². The second kappa shape index (κ2) is 6.96. The van der Waals surface area contributed by atoms with Crippen LogP contribution in [0.4, 0.5) is 5.69 Å². The highest BCUT2D eigenvalue weighted by Crippen LogP contribution is 2.29. The van der Waals surface area contributed by atoms with Gasteiger partial charge in [-0.25, -0.2) is 4.98 Å². The van der Waals surface area contributed by atoms with Crippen molar-refractivity contribution in [2.24, 2.45) is 0 Å². The normalized spacial score (nSPS) is 10.4. The number of ether oxygens (including phenoxy) is 2. The number of methoxy groups -OCH3 is 1. The second-order valence-corrected chi connectivity index (χ2v) is 4.41. The Morgan fingerprint density at radius 3 is 2.67 bits per heavy atom. The lowest BCUT2D eigenvalue weighted by Crippen LogP contribution is -1.98. The van der Waals surface area contributed by atoms with Gasteiger partial charge in [0.25, 0.3) is 0 Å². The number of rotatable bonds is 6. The zero-order chi connectivity index (χ0) is 15.2. The molecule has 0 bridgehead atoms. The van der Waals surface area contributed by atoms with Crippen LogP contribution in [0.2, 0.25) is 5.28 Å². The number of benzene rings is 1. The summed E-state index contributed by atoms with van der Waals surface area (Å²) in [6.45, 7) is 0.618. The largest absolute Gasteiger partial charge is 0.434 e. The Morgan fingerprint density at radius 1 is 1.33 bits per heavy atom. The lowest BCUT2D eigenvalue weighted by Gasteiger charge is -2.06. The van der Waals surface area contributed by atoms with E-state index >= 15 is 0 Å². The highest BCUT2D eigenvalue weighted by atomic mass is 35.5. The van der Waals surface area contributed by atoms with E-state index in [1.807, 2.05) is 12.1 Å². The first-order valence-electron chi connectivity index (χ1n) is 6.03. The van der Waals surface area contributed by atoms with Crippen LogP contribution < -0.4 is 4.74 Å². The molecule has 0 fully saturated rings. The molecule has 1 heterocycles. The molecule has 0 aliphatic heterocycles. The Morgan fingerprint density at radius 2 is 2.05 bits per heavy atom. The summed E-state index contributed by atoms with van der Waals surface area (Å²) in [6, 6.07) is 7.10. The number of nitro groups is 1. The van der Waals surface area contributed by atoms with Gasteiger partial charge in [0.2, 0.25) is 5.28 Å². The van der Waals surface area contributed by atoms with Crippen LogP contribution in [-0.2, 0) is 11.2 Å². The van der Waals surface area contributed by atoms with Gasteiger partial charge in [-0.2, -0.15) is 4.98 Å². The number of hydrogen-bond acceptors (Lipinski definition) is 6. The fraction of sp³-hybridized carbons (Fsp3) is 0.231. The van der Waals surface area contributed by atoms with Crippen molar-refractivity contribution in [1.29, 1.82) is 0 Å². The molecule has 0 unspecified atom stereocenters. The van der Waals surface area contributed by atoms with Gasteiger partial charge in [0.15, 0.2) is 0 Å². The topological polar surface area (TPSA) is 87.4 Å². The van der Waals surface area contributed by atoms with Crippen LogP contribution in [-0.4, -0.2) is 28.6 Å². The second-order valence-electron chi connectivity index (χ2n) is 4.08. The lowest BCUT2D eigenvalue weighted by molar-refractivity contribution is -0.386. The predicted octanol–water partition coefficient (Wildman–Crippen LogP) is 3.02. The highest BCUT2D eigenvalue weighted by Gasteiger charge is 2.19. The minimum absolute atomic E-state index is 0.118. The molecular weight excluding hydrogens is 298 g/mol. The molecule has 0 spiro atoms. The first-order valence-corrected chi connectivity index (χ1v) is 6.40. The summed E-state index contributed by atoms with van der Waals surface area (Å²) in [5.41, 5.74) is 0.724. The van der Waals surface area contributed by atoms with Gasteiger partial charge >= 0.3 is 11.6 Å². The molecule has 21 heavy (non-hydrogen) atoms. The molecule has 0 amide bonds. The van der Waals surface area contributed by atoms with Crippen molar-refractivity contribution < 1.29 is 14.4 Å². The molecule has 0 N–H and O–H groups in total. The molecule has 2 rings (SSSR count). The number of halogens is 1. The van der Waals surface area contributed by atoms with Gasteiger partial charge in [-0.3, -0.25) is 10.1 Å². The SMILES string of the molecule is COCCc1ccc(Oc2nc(Cl)ncc2[N+](=O)[O-])cc1. The van der Waals surface area contributed by atoms with Gasteiger partial charge in [0.05, 0.1) is 11.5 Å². The van der Waals surface area contributed by atoms with Crippen molar-refractivity contribution in [1.82, 2.24) is 9.97 Å². The van der Waals surface area contributed by atoms with E-state index in [1.165, 1.54) is 0 Å². The van der Waals surface area contributed by atoms with E-state index in [-0.39, 0.29) is 16.9 Å². The third-order valence-corrected chi connectivity index (χ3v) is 2.82. The molecule has 0 radical (unpaired) electrons. The van der Waals surface area contributed by atoms with E-state index in [4.69, 9.17) is 21.1 Å². The summed E-state index contributed by atoms with van der Waals surface area (Å²) in [5.74, 6) is 0.235. The smallest absolute Gasteiger partial charge is 0.349 e. The average Bonchev–Trinajstić information content (AvgIpc) is 2.46. The number of nitrogens with zero attached hydrogens (tertiary/aromatic N) is 3. The monoisotopic (exact) mass is 309 g/mol. The van der Waals surface area contributed by atoms with E-state index in [0.717, 1.165) is 18.2 Å². The van der Waals surface area contributed by atoms with Gasteiger partial charge in [-0.1, -0.05) is 12.1 Å². The summed E-state index contributed by atoms with van der Waals surface area (Å²) >= 11 is 5.63. The molecule has 7 nitrogen and oxygen atoms in total. The summed E-state index contributed by atoms with van der Waals surface area (Å²) in [5, 5.41) is 10.8. The average molecular weight is 310 g/mol. The third kappa shape index (κ3) is 4.11. The molecule has 110 valence electrons. The maximum atomic E-state index is 10.9. The van der Waals surface area contributed by atoms with Gasteiger partial charge in [-0.15, -0.1) is 0 Å². The fourth-order valence-electron chi connectivity index (χ4n) is 1.60. The zero-order valence-corrected chi connectivity index (χ0v) is 11.9. The van der Waals surface area contributed by atoms with Crippen LogP contribution in [0.3, 0.4) is 0 Å². The van der Waals surface area contributed by atoms with Crippen LogP contribution in [0, 0.1) is 10.1 Å². The van der Waals surface area contributed by atoms with Crippen molar-refractivity contribution in [2.45, 2.75) is 6.42 Å². The first kappa shape index (κ1) is 15.1. The summed E-state index contributed by atoms with van der Waals surface area (Å²) < 4.78 is 10.4. The molecule has 0 aliphatic carbocycles. The summed E-state index contributed by atoms with van der Waals surface area (Å²) in [7, 11) is 1.63. The zero-order valence-electron chi connectivity index (χ0n) is 11.2. The van der Waals surface area contributed by atoms with Crippen molar-refractivity contribution in [3.05, 3.63) is 51.4 Å². The predicted molar refractivity (Wildman–Crippen MR) is 75.8 cm³/mol. The fourth-order valence-corrected chi connectivity index (χ4v) is 1.72. The van der Waals surface area contributed by atoms with Gasteiger partial charge < -0.3 is 9.47 Å². The Balaban J connectivity index is 2.18. The summed E-state index contributed by atoms with van der Waals surface area (Å²) in [6.07, 6.45) is 1.79. The quantitative estimate of drug-likeness (QED) is 0.463. The third-order valence-electron chi connectivity index (χ3n) is 2.64. The Kier molecular flexibility index (Phi) is 5.02. The van der Waals surface area contributed by atoms with Crippen LogP contribution >= 0.6 is 11.6 Å². The minimum atomic E-state index is -0.626. The van der Waals surface area contributed by atoms with Gasteiger partial charge in [-0.05, 0) is 35.7 Å². The molecule has 0 saturated heterocycles. The van der Waals surface area contributed by atoms with Crippen LogP contribution in [0.25, 0.3) is 0 Å². The Hall–Kier alpha value is -2.25. The molecule has 0 atom stereocenters. The molecule has 0 aliphatic rings. The van der Waals surface area contributed by atoms with Crippen molar-refractivity contribution in [3.63, 3.8) is 0 Å². The highest BCUT2D eigenvalue weighted by molar-refractivity contribution is 6.28. The lowest BCUT2D eigenvalue weighted by atomic mass is 10.1. The van der Waals surface area contributed by atoms with Crippen LogP contribution in [0.1, 0.15) is 5.56 Å². The van der Waals surface area contributed by atoms with Crippen LogP contribution in [0.5, 0.6) is 11.6 Å². The van der Waals surface area contributed by atoms with Crippen LogP contribution in [0.15, 0.2) is 30.5 Å². The first-order chi connectivity index (χ1) is 10.1. The molecule has 0 saturated carbocycles. The standard InChI is InChI=1S/C13H12ClN3O4/c1-20-7-6-9-2-4-10(5-3-9)21-12-11(17(18)19)8-15-13(14)16-12/h2-5,8H,6-7H2,1H3. The van der Waals surface area contributed by atoms with Crippen molar-refractivity contribution >= 4 is 17.3 Å². The summed E-state index contributed by atoms with van der Waals surface area (Å²) in [4.78, 5) is 17.6. The molecule has 1 aromatic heterocycles. The Labute approximate surface area is 125 Å². The van der Waals surface area contributed by atoms with E-state index < -0.39 is 4.92 Å². The van der Waals surface area contributed by atoms with E-state index in [1.54, 1.807) is 19.2 Å². The molecule has 1 aromatic carbocycles. The van der Waals surface area contributed by atoms with Crippen molar-refractivity contribution in [3.8, 4) is 11.6 Å². The molecular formula is C13H12ClN3O4. The minimum Gasteiger partial charge on any atom is -0.434 e. The van der Waals surface area contributed by atoms with Gasteiger partial charge in [0.1, 0.15) is 11.9 Å². The van der Waals surface area contributed by atoms with Gasteiger partial charge in [0, 0.05) is 7.11 Å². The molecule has 8 heteroatoms. The van der Waals surface area contributed by atoms with Crippen molar-refractivity contribution in [2.75, 3.05) is 13.7 Å². The maximum absolute atomic E-state index is 10.9.